The molecule has 0 bridgehead atoms. The Hall–Kier alpha value is -3.29. The molecule has 1 N–H and O–H groups in total. The summed E-state index contributed by atoms with van der Waals surface area (Å²) < 4.78 is 7.97. The largest absolute Gasteiger partial charge is 0.376 e. The van der Waals surface area contributed by atoms with Crippen molar-refractivity contribution in [1.29, 1.82) is 0 Å². The third-order valence-corrected chi connectivity index (χ3v) is 6.95. The standard InChI is InChI=1S/C28H33N5O2/c1-4-32(16-21-9-6-5-7-10-21)26(27-31-29-18-33(27)17-22-11-8-12-35-22)24-15-23-20(3)13-19(2)14-25(23)30-28(24)34/h5-7,9-10,13-15,18,22,26H,4,8,11-12,16-17H2,1-3H3,(H,30,34). The van der Waals surface area contributed by atoms with Crippen molar-refractivity contribution in [3.05, 3.63) is 93.3 Å². The van der Waals surface area contributed by atoms with Crippen LogP contribution < -0.4 is 5.56 Å². The molecule has 35 heavy (non-hydrogen) atoms. The van der Waals surface area contributed by atoms with Gasteiger partial charge in [0.25, 0.3) is 5.56 Å². The minimum atomic E-state index is -0.349. The molecule has 3 heterocycles. The van der Waals surface area contributed by atoms with Gasteiger partial charge in [0.05, 0.1) is 12.6 Å². The molecule has 182 valence electrons. The van der Waals surface area contributed by atoms with Gasteiger partial charge in [-0.15, -0.1) is 10.2 Å². The topological polar surface area (TPSA) is 76.0 Å². The molecule has 2 atom stereocenters. The summed E-state index contributed by atoms with van der Waals surface area (Å²) in [6, 6.07) is 16.2. The predicted octanol–water partition coefficient (Wildman–Crippen LogP) is 4.53. The first-order chi connectivity index (χ1) is 17.0. The lowest BCUT2D eigenvalue weighted by Gasteiger charge is -2.31. The van der Waals surface area contributed by atoms with E-state index in [4.69, 9.17) is 4.74 Å². The summed E-state index contributed by atoms with van der Waals surface area (Å²) in [4.78, 5) is 19.0. The van der Waals surface area contributed by atoms with E-state index in [1.54, 1.807) is 6.33 Å². The highest BCUT2D eigenvalue weighted by Gasteiger charge is 2.30. The van der Waals surface area contributed by atoms with Gasteiger partial charge in [-0.25, -0.2) is 0 Å². The summed E-state index contributed by atoms with van der Waals surface area (Å²) in [6.45, 7) is 9.19. The van der Waals surface area contributed by atoms with E-state index in [-0.39, 0.29) is 17.7 Å². The lowest BCUT2D eigenvalue weighted by atomic mass is 9.99. The molecule has 7 heteroatoms. The zero-order valence-electron chi connectivity index (χ0n) is 20.7. The Bertz CT molecular complexity index is 1360. The molecule has 1 fully saturated rings. The molecule has 0 aliphatic carbocycles. The summed E-state index contributed by atoms with van der Waals surface area (Å²) in [5, 5.41) is 9.89. The second-order valence-electron chi connectivity index (χ2n) is 9.52. The molecule has 4 aromatic rings. The van der Waals surface area contributed by atoms with Gasteiger partial charge in [0.15, 0.2) is 5.82 Å². The number of hydrogen-bond acceptors (Lipinski definition) is 5. The normalized spacial score (nSPS) is 16.9. The van der Waals surface area contributed by atoms with Crippen molar-refractivity contribution in [2.45, 2.75) is 58.8 Å². The number of pyridine rings is 1. The summed E-state index contributed by atoms with van der Waals surface area (Å²) in [7, 11) is 0. The first kappa shape index (κ1) is 23.5. The van der Waals surface area contributed by atoms with Gasteiger partial charge in [-0.05, 0) is 62.1 Å². The molecule has 0 radical (unpaired) electrons. The summed E-state index contributed by atoms with van der Waals surface area (Å²) in [6.07, 6.45) is 4.02. The van der Waals surface area contributed by atoms with Crippen LogP contribution in [0.25, 0.3) is 10.9 Å². The average Bonchev–Trinajstić information content (AvgIpc) is 3.52. The van der Waals surface area contributed by atoms with Gasteiger partial charge in [-0.3, -0.25) is 9.69 Å². The quantitative estimate of drug-likeness (QED) is 0.409. The first-order valence-corrected chi connectivity index (χ1v) is 12.4. The molecule has 0 saturated carbocycles. The predicted molar refractivity (Wildman–Crippen MR) is 137 cm³/mol. The van der Waals surface area contributed by atoms with Crippen LogP contribution in [0.2, 0.25) is 0 Å². The third-order valence-electron chi connectivity index (χ3n) is 6.95. The Kier molecular flexibility index (Phi) is 6.79. The Morgan fingerprint density at radius 1 is 1.20 bits per heavy atom. The molecule has 1 aliphatic rings. The average molecular weight is 472 g/mol. The van der Waals surface area contributed by atoms with E-state index in [0.29, 0.717) is 18.7 Å². The number of hydrogen-bond donors (Lipinski definition) is 1. The fraction of sp³-hybridized carbons (Fsp3) is 0.393. The maximum Gasteiger partial charge on any atom is 0.253 e. The van der Waals surface area contributed by atoms with Crippen molar-refractivity contribution in [3.8, 4) is 0 Å². The van der Waals surface area contributed by atoms with Crippen molar-refractivity contribution in [1.82, 2.24) is 24.6 Å². The summed E-state index contributed by atoms with van der Waals surface area (Å²) in [5.41, 5.74) is 4.92. The van der Waals surface area contributed by atoms with Crippen molar-refractivity contribution >= 4 is 10.9 Å². The highest BCUT2D eigenvalue weighted by Crippen LogP contribution is 2.30. The van der Waals surface area contributed by atoms with Gasteiger partial charge < -0.3 is 14.3 Å². The fourth-order valence-corrected chi connectivity index (χ4v) is 5.22. The number of ether oxygens (including phenoxy) is 1. The van der Waals surface area contributed by atoms with Crippen molar-refractivity contribution < 1.29 is 4.74 Å². The van der Waals surface area contributed by atoms with Gasteiger partial charge in [-0.1, -0.05) is 43.3 Å². The van der Waals surface area contributed by atoms with Crippen LogP contribution in [0.5, 0.6) is 0 Å². The van der Waals surface area contributed by atoms with Gasteiger partial charge >= 0.3 is 0 Å². The van der Waals surface area contributed by atoms with Gasteiger partial charge in [-0.2, -0.15) is 0 Å². The number of benzene rings is 2. The second-order valence-corrected chi connectivity index (χ2v) is 9.52. The number of nitrogens with zero attached hydrogens (tertiary/aromatic N) is 4. The van der Waals surface area contributed by atoms with Gasteiger partial charge in [0.1, 0.15) is 12.4 Å². The fourth-order valence-electron chi connectivity index (χ4n) is 5.22. The molecule has 0 spiro atoms. The van der Waals surface area contributed by atoms with E-state index in [1.165, 1.54) is 5.56 Å². The minimum Gasteiger partial charge on any atom is -0.376 e. The summed E-state index contributed by atoms with van der Waals surface area (Å²) >= 11 is 0. The molecule has 1 saturated heterocycles. The summed E-state index contributed by atoms with van der Waals surface area (Å²) in [5.74, 6) is 0.771. The van der Waals surface area contributed by atoms with Gasteiger partial charge in [0.2, 0.25) is 0 Å². The third kappa shape index (κ3) is 4.92. The maximum absolute atomic E-state index is 13.6. The van der Waals surface area contributed by atoms with Crippen LogP contribution in [-0.4, -0.2) is 43.9 Å². The van der Waals surface area contributed by atoms with Gasteiger partial charge in [0, 0.05) is 29.6 Å². The molecule has 2 aromatic carbocycles. The van der Waals surface area contributed by atoms with Crippen LogP contribution in [0, 0.1) is 13.8 Å². The smallest absolute Gasteiger partial charge is 0.253 e. The van der Waals surface area contributed by atoms with E-state index in [0.717, 1.165) is 53.8 Å². The van der Waals surface area contributed by atoms with Crippen LogP contribution >= 0.6 is 0 Å². The second kappa shape index (κ2) is 10.1. The van der Waals surface area contributed by atoms with E-state index in [2.05, 4.69) is 56.7 Å². The Labute approximate surface area is 205 Å². The molecule has 0 amide bonds. The SMILES string of the molecule is CCN(Cc1ccccc1)C(c1cc2c(C)cc(C)cc2[nH]c1=O)c1nncn1CC1CCCO1. The lowest BCUT2D eigenvalue weighted by molar-refractivity contribution is 0.0945. The molecule has 1 aliphatic heterocycles. The van der Waals surface area contributed by atoms with E-state index in [9.17, 15) is 4.79 Å². The zero-order valence-corrected chi connectivity index (χ0v) is 20.7. The van der Waals surface area contributed by atoms with Crippen LogP contribution in [0.3, 0.4) is 0 Å². The number of aryl methyl sites for hydroxylation is 2. The van der Waals surface area contributed by atoms with Crippen molar-refractivity contribution in [3.63, 3.8) is 0 Å². The number of nitrogens with one attached hydrogen (secondary N) is 1. The van der Waals surface area contributed by atoms with Crippen molar-refractivity contribution in [2.24, 2.45) is 0 Å². The van der Waals surface area contributed by atoms with E-state index < -0.39 is 0 Å². The Morgan fingerprint density at radius 2 is 2.03 bits per heavy atom. The molecule has 2 aromatic heterocycles. The molecule has 5 rings (SSSR count). The van der Waals surface area contributed by atoms with E-state index >= 15 is 0 Å². The number of fused-ring (bicyclic) bond motifs is 1. The molecular formula is C28H33N5O2. The number of H-pyrrole nitrogens is 1. The van der Waals surface area contributed by atoms with Crippen LogP contribution in [0.1, 0.15) is 53.9 Å². The van der Waals surface area contributed by atoms with E-state index in [1.807, 2.05) is 37.3 Å². The Balaban J connectivity index is 1.64. The maximum atomic E-state index is 13.6. The Morgan fingerprint density at radius 3 is 2.77 bits per heavy atom. The lowest BCUT2D eigenvalue weighted by Crippen LogP contribution is -2.35. The van der Waals surface area contributed by atoms with Crippen LogP contribution in [0.15, 0.2) is 59.7 Å². The zero-order chi connectivity index (χ0) is 24.4. The van der Waals surface area contributed by atoms with Crippen LogP contribution in [0.4, 0.5) is 0 Å². The van der Waals surface area contributed by atoms with Crippen molar-refractivity contribution in [2.75, 3.05) is 13.2 Å². The number of aromatic nitrogens is 4. The highest BCUT2D eigenvalue weighted by atomic mass is 16.5. The number of rotatable bonds is 8. The highest BCUT2D eigenvalue weighted by molar-refractivity contribution is 5.83. The molecule has 2 unspecified atom stereocenters. The number of aromatic amines is 1. The minimum absolute atomic E-state index is 0.0920. The monoisotopic (exact) mass is 471 g/mol. The molecular weight excluding hydrogens is 438 g/mol. The van der Waals surface area contributed by atoms with Crippen LogP contribution in [-0.2, 0) is 17.8 Å². The first-order valence-electron chi connectivity index (χ1n) is 12.4. The molecule has 7 nitrogen and oxygen atoms in total.